The van der Waals surface area contributed by atoms with E-state index >= 15 is 0 Å². The van der Waals surface area contributed by atoms with Crippen LogP contribution in [0.4, 0.5) is 5.69 Å². The van der Waals surface area contributed by atoms with E-state index in [9.17, 15) is 0 Å². The second-order valence-corrected chi connectivity index (χ2v) is 3.89. The normalized spacial score (nSPS) is 12.7. The van der Waals surface area contributed by atoms with E-state index in [4.69, 9.17) is 5.73 Å². The second-order valence-electron chi connectivity index (χ2n) is 3.89. The maximum atomic E-state index is 5.60. The molecule has 0 heterocycles. The molecule has 0 aliphatic carbocycles. The van der Waals surface area contributed by atoms with Crippen LogP contribution in [0.15, 0.2) is 24.3 Å². The molecule has 0 saturated heterocycles. The number of nitrogens with one attached hydrogen (secondary N) is 1. The molecule has 1 aromatic carbocycles. The van der Waals surface area contributed by atoms with Crippen molar-refractivity contribution in [3.05, 3.63) is 29.8 Å². The standard InChI is InChI=1S/C12H20N2/c1-3-10(2)8-14-9-11-4-6-12(13)7-5-11/h4-7,10,14H,3,8-9,13H2,1-2H3. The zero-order chi connectivity index (χ0) is 10.4. The van der Waals surface area contributed by atoms with Crippen molar-refractivity contribution in [1.82, 2.24) is 5.32 Å². The number of benzene rings is 1. The molecular weight excluding hydrogens is 172 g/mol. The van der Waals surface area contributed by atoms with E-state index in [2.05, 4.69) is 31.3 Å². The molecular formula is C12H20N2. The number of hydrogen-bond donors (Lipinski definition) is 2. The number of nitrogen functional groups attached to an aromatic ring is 1. The largest absolute Gasteiger partial charge is 0.399 e. The van der Waals surface area contributed by atoms with Gasteiger partial charge in [0.25, 0.3) is 0 Å². The van der Waals surface area contributed by atoms with Crippen molar-refractivity contribution in [3.63, 3.8) is 0 Å². The van der Waals surface area contributed by atoms with Gasteiger partial charge in [-0.2, -0.15) is 0 Å². The molecule has 1 unspecified atom stereocenters. The van der Waals surface area contributed by atoms with Crippen LogP contribution in [0.1, 0.15) is 25.8 Å². The SMILES string of the molecule is CCC(C)CNCc1ccc(N)cc1. The van der Waals surface area contributed by atoms with Gasteiger partial charge in [0.2, 0.25) is 0 Å². The average molecular weight is 192 g/mol. The first-order chi connectivity index (χ1) is 6.72. The second kappa shape index (κ2) is 5.66. The first-order valence-corrected chi connectivity index (χ1v) is 5.27. The van der Waals surface area contributed by atoms with Crippen LogP contribution in [0.5, 0.6) is 0 Å². The molecule has 0 saturated carbocycles. The van der Waals surface area contributed by atoms with E-state index < -0.39 is 0 Å². The summed E-state index contributed by atoms with van der Waals surface area (Å²) in [5.41, 5.74) is 7.73. The summed E-state index contributed by atoms with van der Waals surface area (Å²) in [6.45, 7) is 6.50. The van der Waals surface area contributed by atoms with Gasteiger partial charge in [0.05, 0.1) is 0 Å². The highest BCUT2D eigenvalue weighted by molar-refractivity contribution is 5.39. The van der Waals surface area contributed by atoms with Crippen molar-refractivity contribution in [2.75, 3.05) is 12.3 Å². The molecule has 0 aromatic heterocycles. The zero-order valence-electron chi connectivity index (χ0n) is 9.09. The Morgan fingerprint density at radius 1 is 1.29 bits per heavy atom. The lowest BCUT2D eigenvalue weighted by molar-refractivity contribution is 0.500. The Bertz CT molecular complexity index is 254. The van der Waals surface area contributed by atoms with Gasteiger partial charge in [-0.05, 0) is 30.2 Å². The molecule has 0 amide bonds. The minimum absolute atomic E-state index is 0.754. The summed E-state index contributed by atoms with van der Waals surface area (Å²) in [6, 6.07) is 8.03. The average Bonchev–Trinajstić information content (AvgIpc) is 2.21. The molecule has 1 rings (SSSR count). The first-order valence-electron chi connectivity index (χ1n) is 5.27. The van der Waals surface area contributed by atoms with Gasteiger partial charge in [-0.25, -0.2) is 0 Å². The number of hydrogen-bond acceptors (Lipinski definition) is 2. The molecule has 3 N–H and O–H groups in total. The van der Waals surface area contributed by atoms with Crippen molar-refractivity contribution >= 4 is 5.69 Å². The number of nitrogens with two attached hydrogens (primary N) is 1. The van der Waals surface area contributed by atoms with Crippen LogP contribution in [0.3, 0.4) is 0 Å². The Morgan fingerprint density at radius 3 is 2.50 bits per heavy atom. The monoisotopic (exact) mass is 192 g/mol. The predicted octanol–water partition coefficient (Wildman–Crippen LogP) is 2.40. The molecule has 0 aliphatic rings. The smallest absolute Gasteiger partial charge is 0.0314 e. The van der Waals surface area contributed by atoms with E-state index in [0.29, 0.717) is 0 Å². The third kappa shape index (κ3) is 3.79. The van der Waals surface area contributed by atoms with E-state index in [1.54, 1.807) is 0 Å². The Balaban J connectivity index is 2.28. The van der Waals surface area contributed by atoms with E-state index in [1.165, 1.54) is 12.0 Å². The highest BCUT2D eigenvalue weighted by Crippen LogP contribution is 2.05. The van der Waals surface area contributed by atoms with E-state index in [1.807, 2.05) is 12.1 Å². The number of rotatable bonds is 5. The van der Waals surface area contributed by atoms with Crippen molar-refractivity contribution in [2.24, 2.45) is 5.92 Å². The van der Waals surface area contributed by atoms with Gasteiger partial charge in [-0.15, -0.1) is 0 Å². The van der Waals surface area contributed by atoms with Crippen LogP contribution in [0, 0.1) is 5.92 Å². The highest BCUT2D eigenvalue weighted by atomic mass is 14.8. The summed E-state index contributed by atoms with van der Waals surface area (Å²) in [7, 11) is 0. The predicted molar refractivity (Wildman–Crippen MR) is 62.0 cm³/mol. The van der Waals surface area contributed by atoms with Crippen molar-refractivity contribution in [3.8, 4) is 0 Å². The van der Waals surface area contributed by atoms with Crippen LogP contribution in [-0.4, -0.2) is 6.54 Å². The van der Waals surface area contributed by atoms with Gasteiger partial charge in [-0.3, -0.25) is 0 Å². The lowest BCUT2D eigenvalue weighted by Gasteiger charge is -2.09. The summed E-state index contributed by atoms with van der Waals surface area (Å²) in [4.78, 5) is 0. The Morgan fingerprint density at radius 2 is 1.93 bits per heavy atom. The molecule has 0 spiro atoms. The Kier molecular flexibility index (Phi) is 4.47. The highest BCUT2D eigenvalue weighted by Gasteiger charge is 1.97. The lowest BCUT2D eigenvalue weighted by Crippen LogP contribution is -2.20. The van der Waals surface area contributed by atoms with E-state index in [0.717, 1.165) is 24.7 Å². The summed E-state index contributed by atoms with van der Waals surface area (Å²) < 4.78 is 0. The number of anilines is 1. The fourth-order valence-corrected chi connectivity index (χ4v) is 1.24. The van der Waals surface area contributed by atoms with Crippen LogP contribution in [-0.2, 0) is 6.54 Å². The fraction of sp³-hybridized carbons (Fsp3) is 0.500. The van der Waals surface area contributed by atoms with Crippen molar-refractivity contribution in [1.29, 1.82) is 0 Å². The van der Waals surface area contributed by atoms with Gasteiger partial charge >= 0.3 is 0 Å². The fourth-order valence-electron chi connectivity index (χ4n) is 1.24. The summed E-state index contributed by atoms with van der Waals surface area (Å²) in [5, 5.41) is 3.43. The molecule has 0 fully saturated rings. The first kappa shape index (κ1) is 11.1. The topological polar surface area (TPSA) is 38.0 Å². The minimum atomic E-state index is 0.754. The summed E-state index contributed by atoms with van der Waals surface area (Å²) in [5.74, 6) is 0.754. The summed E-state index contributed by atoms with van der Waals surface area (Å²) in [6.07, 6.45) is 1.23. The molecule has 0 aliphatic heterocycles. The van der Waals surface area contributed by atoms with E-state index in [-0.39, 0.29) is 0 Å². The van der Waals surface area contributed by atoms with Crippen LogP contribution < -0.4 is 11.1 Å². The maximum absolute atomic E-state index is 5.60. The van der Waals surface area contributed by atoms with Gasteiger partial charge in [-0.1, -0.05) is 32.4 Å². The third-order valence-electron chi connectivity index (χ3n) is 2.50. The van der Waals surface area contributed by atoms with Crippen LogP contribution in [0.25, 0.3) is 0 Å². The van der Waals surface area contributed by atoms with Gasteiger partial charge < -0.3 is 11.1 Å². The zero-order valence-corrected chi connectivity index (χ0v) is 9.09. The molecule has 0 radical (unpaired) electrons. The third-order valence-corrected chi connectivity index (χ3v) is 2.50. The lowest BCUT2D eigenvalue weighted by atomic mass is 10.1. The minimum Gasteiger partial charge on any atom is -0.399 e. The van der Waals surface area contributed by atoms with Crippen molar-refractivity contribution in [2.45, 2.75) is 26.8 Å². The summed E-state index contributed by atoms with van der Waals surface area (Å²) >= 11 is 0. The van der Waals surface area contributed by atoms with Gasteiger partial charge in [0, 0.05) is 12.2 Å². The van der Waals surface area contributed by atoms with Crippen LogP contribution in [0.2, 0.25) is 0 Å². The van der Waals surface area contributed by atoms with Crippen LogP contribution >= 0.6 is 0 Å². The Hall–Kier alpha value is -1.02. The molecule has 2 heteroatoms. The Labute approximate surface area is 86.5 Å². The van der Waals surface area contributed by atoms with Gasteiger partial charge in [0.1, 0.15) is 0 Å². The van der Waals surface area contributed by atoms with Crippen molar-refractivity contribution < 1.29 is 0 Å². The van der Waals surface area contributed by atoms with Gasteiger partial charge in [0.15, 0.2) is 0 Å². The molecule has 0 bridgehead atoms. The molecule has 2 nitrogen and oxygen atoms in total. The quantitative estimate of drug-likeness (QED) is 0.703. The molecule has 14 heavy (non-hydrogen) atoms. The molecule has 1 aromatic rings. The maximum Gasteiger partial charge on any atom is 0.0314 e. The molecule has 1 atom stereocenters. The molecule has 78 valence electrons.